The van der Waals surface area contributed by atoms with E-state index in [9.17, 15) is 4.79 Å². The number of carbonyl (C=O) groups excluding carboxylic acids is 1. The number of amides is 2. The predicted octanol–water partition coefficient (Wildman–Crippen LogP) is 1.87. The van der Waals surface area contributed by atoms with E-state index in [-0.39, 0.29) is 12.6 Å². The monoisotopic (exact) mass is 248 g/mol. The zero-order valence-corrected chi connectivity index (χ0v) is 10.6. The summed E-state index contributed by atoms with van der Waals surface area (Å²) in [4.78, 5) is 13.7. The normalized spacial score (nSPS) is 15.5. The van der Waals surface area contributed by atoms with Crippen LogP contribution in [-0.4, -0.2) is 29.1 Å². The molecule has 98 valence electrons. The van der Waals surface area contributed by atoms with Crippen LogP contribution in [0.25, 0.3) is 0 Å². The van der Waals surface area contributed by atoms with Crippen LogP contribution in [0.4, 0.5) is 4.79 Å². The molecule has 1 aromatic rings. The van der Waals surface area contributed by atoms with Gasteiger partial charge in [-0.2, -0.15) is 0 Å². The average Bonchev–Trinajstić information content (AvgIpc) is 2.46. The number of likely N-dealkylation sites (tertiary alicyclic amines) is 1. The summed E-state index contributed by atoms with van der Waals surface area (Å²) in [5, 5.41) is 11.9. The summed E-state index contributed by atoms with van der Waals surface area (Å²) in [5.74, 6) is 0. The van der Waals surface area contributed by atoms with Crippen LogP contribution in [0.5, 0.6) is 0 Å². The summed E-state index contributed by atoms with van der Waals surface area (Å²) < 4.78 is 0. The Hall–Kier alpha value is -1.55. The van der Waals surface area contributed by atoms with Crippen LogP contribution < -0.4 is 5.32 Å². The Bertz CT molecular complexity index is 383. The Balaban J connectivity index is 1.80. The van der Waals surface area contributed by atoms with E-state index in [0.29, 0.717) is 6.54 Å². The molecule has 1 saturated heterocycles. The minimum Gasteiger partial charge on any atom is -0.392 e. The van der Waals surface area contributed by atoms with Crippen molar-refractivity contribution in [1.29, 1.82) is 0 Å². The fourth-order valence-electron chi connectivity index (χ4n) is 2.15. The second-order valence-corrected chi connectivity index (χ2v) is 4.68. The lowest BCUT2D eigenvalue weighted by Gasteiger charge is -2.26. The Morgan fingerprint density at radius 3 is 2.33 bits per heavy atom. The van der Waals surface area contributed by atoms with E-state index in [1.165, 1.54) is 6.42 Å². The highest BCUT2D eigenvalue weighted by molar-refractivity contribution is 5.74. The van der Waals surface area contributed by atoms with Crippen LogP contribution in [0, 0.1) is 0 Å². The minimum absolute atomic E-state index is 0.0286. The molecule has 1 heterocycles. The maximum Gasteiger partial charge on any atom is 0.317 e. The molecule has 2 rings (SSSR count). The van der Waals surface area contributed by atoms with Gasteiger partial charge < -0.3 is 15.3 Å². The molecule has 0 unspecified atom stereocenters. The van der Waals surface area contributed by atoms with Crippen LogP contribution in [0.1, 0.15) is 30.4 Å². The summed E-state index contributed by atoms with van der Waals surface area (Å²) in [7, 11) is 0. The van der Waals surface area contributed by atoms with E-state index >= 15 is 0 Å². The number of nitrogens with one attached hydrogen (secondary N) is 1. The number of aliphatic hydroxyl groups is 1. The van der Waals surface area contributed by atoms with Crippen molar-refractivity contribution in [2.24, 2.45) is 0 Å². The molecule has 0 bridgehead atoms. The molecule has 0 aliphatic carbocycles. The van der Waals surface area contributed by atoms with Gasteiger partial charge in [-0.15, -0.1) is 0 Å². The van der Waals surface area contributed by atoms with Crippen LogP contribution in [0.15, 0.2) is 24.3 Å². The van der Waals surface area contributed by atoms with E-state index in [0.717, 1.165) is 37.1 Å². The lowest BCUT2D eigenvalue weighted by Crippen LogP contribution is -2.42. The van der Waals surface area contributed by atoms with Gasteiger partial charge in [-0.1, -0.05) is 24.3 Å². The summed E-state index contributed by atoms with van der Waals surface area (Å²) in [5.41, 5.74) is 1.94. The van der Waals surface area contributed by atoms with Crippen LogP contribution in [0.2, 0.25) is 0 Å². The molecule has 0 radical (unpaired) electrons. The van der Waals surface area contributed by atoms with E-state index < -0.39 is 0 Å². The van der Waals surface area contributed by atoms with Gasteiger partial charge in [-0.05, 0) is 30.4 Å². The summed E-state index contributed by atoms with van der Waals surface area (Å²) in [6.45, 7) is 2.34. The fourth-order valence-corrected chi connectivity index (χ4v) is 2.15. The number of hydrogen-bond acceptors (Lipinski definition) is 2. The lowest BCUT2D eigenvalue weighted by atomic mass is 10.1. The summed E-state index contributed by atoms with van der Waals surface area (Å²) in [6.07, 6.45) is 3.45. The number of hydrogen-bond donors (Lipinski definition) is 2. The minimum atomic E-state index is 0.0286. The van der Waals surface area contributed by atoms with E-state index in [4.69, 9.17) is 5.11 Å². The maximum absolute atomic E-state index is 11.9. The van der Waals surface area contributed by atoms with Gasteiger partial charge >= 0.3 is 6.03 Å². The molecule has 1 aromatic carbocycles. The standard InChI is InChI=1S/C14H20N2O2/c17-11-13-6-4-12(5-7-13)10-15-14(18)16-8-2-1-3-9-16/h4-7,17H,1-3,8-11H2,(H,15,18). The van der Waals surface area contributed by atoms with Crippen molar-refractivity contribution >= 4 is 6.03 Å². The Morgan fingerprint density at radius 2 is 1.72 bits per heavy atom. The third-order valence-corrected chi connectivity index (χ3v) is 3.29. The van der Waals surface area contributed by atoms with Crippen molar-refractivity contribution in [3.63, 3.8) is 0 Å². The van der Waals surface area contributed by atoms with Gasteiger partial charge in [-0.3, -0.25) is 0 Å². The topological polar surface area (TPSA) is 52.6 Å². The quantitative estimate of drug-likeness (QED) is 0.858. The number of urea groups is 1. The molecule has 1 aliphatic rings. The molecule has 0 aromatic heterocycles. The van der Waals surface area contributed by atoms with Gasteiger partial charge in [0, 0.05) is 19.6 Å². The van der Waals surface area contributed by atoms with Crippen molar-refractivity contribution < 1.29 is 9.90 Å². The first-order chi connectivity index (χ1) is 8.79. The highest BCUT2D eigenvalue weighted by Crippen LogP contribution is 2.09. The molecule has 0 atom stereocenters. The Morgan fingerprint density at radius 1 is 1.11 bits per heavy atom. The number of rotatable bonds is 3. The third kappa shape index (κ3) is 3.47. The molecular formula is C14H20N2O2. The first-order valence-electron chi connectivity index (χ1n) is 6.51. The molecule has 1 aliphatic heterocycles. The van der Waals surface area contributed by atoms with E-state index in [2.05, 4.69) is 5.32 Å². The van der Waals surface area contributed by atoms with Crippen LogP contribution in [0.3, 0.4) is 0 Å². The first kappa shape index (κ1) is 12.9. The largest absolute Gasteiger partial charge is 0.392 e. The molecular weight excluding hydrogens is 228 g/mol. The molecule has 18 heavy (non-hydrogen) atoms. The number of benzene rings is 1. The molecule has 4 nitrogen and oxygen atoms in total. The van der Waals surface area contributed by atoms with Gasteiger partial charge in [0.25, 0.3) is 0 Å². The molecule has 2 amide bonds. The number of aliphatic hydroxyl groups excluding tert-OH is 1. The zero-order chi connectivity index (χ0) is 12.8. The van der Waals surface area contributed by atoms with Gasteiger partial charge in [0.15, 0.2) is 0 Å². The van der Waals surface area contributed by atoms with E-state index in [1.807, 2.05) is 29.2 Å². The average molecular weight is 248 g/mol. The van der Waals surface area contributed by atoms with Gasteiger partial charge in [0.1, 0.15) is 0 Å². The number of carbonyl (C=O) groups is 1. The van der Waals surface area contributed by atoms with Gasteiger partial charge in [0.2, 0.25) is 0 Å². The molecule has 2 N–H and O–H groups in total. The van der Waals surface area contributed by atoms with Gasteiger partial charge in [-0.25, -0.2) is 4.79 Å². The molecule has 0 saturated carbocycles. The smallest absolute Gasteiger partial charge is 0.317 e. The van der Waals surface area contributed by atoms with Crippen molar-refractivity contribution in [2.75, 3.05) is 13.1 Å². The molecule has 0 spiro atoms. The predicted molar refractivity (Wildman–Crippen MR) is 70.0 cm³/mol. The maximum atomic E-state index is 11.9. The number of nitrogens with zero attached hydrogens (tertiary/aromatic N) is 1. The summed E-state index contributed by atoms with van der Waals surface area (Å²) >= 11 is 0. The Labute approximate surface area is 108 Å². The highest BCUT2D eigenvalue weighted by atomic mass is 16.3. The Kier molecular flexibility index (Phi) is 4.59. The zero-order valence-electron chi connectivity index (χ0n) is 10.6. The SMILES string of the molecule is O=C(NCc1ccc(CO)cc1)N1CCCCC1. The van der Waals surface area contributed by atoms with Crippen molar-refractivity contribution in [2.45, 2.75) is 32.4 Å². The fraction of sp³-hybridized carbons (Fsp3) is 0.500. The second kappa shape index (κ2) is 6.40. The molecule has 1 fully saturated rings. The van der Waals surface area contributed by atoms with Crippen LogP contribution in [-0.2, 0) is 13.2 Å². The summed E-state index contributed by atoms with van der Waals surface area (Å²) in [6, 6.07) is 7.65. The van der Waals surface area contributed by atoms with Crippen molar-refractivity contribution in [3.05, 3.63) is 35.4 Å². The van der Waals surface area contributed by atoms with Crippen molar-refractivity contribution in [1.82, 2.24) is 10.2 Å². The van der Waals surface area contributed by atoms with Crippen molar-refractivity contribution in [3.8, 4) is 0 Å². The lowest BCUT2D eigenvalue weighted by molar-refractivity contribution is 0.186. The second-order valence-electron chi connectivity index (χ2n) is 4.68. The van der Waals surface area contributed by atoms with E-state index in [1.54, 1.807) is 0 Å². The van der Waals surface area contributed by atoms with Gasteiger partial charge in [0.05, 0.1) is 6.61 Å². The van der Waals surface area contributed by atoms with Crippen LogP contribution >= 0.6 is 0 Å². The first-order valence-corrected chi connectivity index (χ1v) is 6.51. The third-order valence-electron chi connectivity index (χ3n) is 3.29. The number of piperidine rings is 1. The highest BCUT2D eigenvalue weighted by Gasteiger charge is 2.15. The molecule has 4 heteroatoms.